The number of carbonyl (C=O) groups is 2. The molecule has 0 radical (unpaired) electrons. The molecular formula is C19H20FN3O3. The quantitative estimate of drug-likeness (QED) is 0.859. The first kappa shape index (κ1) is 17.9. The SMILES string of the molecule is O=C(O)CN1CCN(c2ccc(NC(=O)c3ccc(F)cc3)cc2)CC1. The highest BCUT2D eigenvalue weighted by atomic mass is 19.1. The van der Waals surface area contributed by atoms with Crippen molar-refractivity contribution in [1.82, 2.24) is 4.90 Å². The van der Waals surface area contributed by atoms with Gasteiger partial charge in [0, 0.05) is 43.1 Å². The minimum Gasteiger partial charge on any atom is -0.480 e. The number of nitrogens with one attached hydrogen (secondary N) is 1. The second-order valence-electron chi connectivity index (χ2n) is 6.16. The van der Waals surface area contributed by atoms with Gasteiger partial charge in [0.1, 0.15) is 5.82 Å². The summed E-state index contributed by atoms with van der Waals surface area (Å²) < 4.78 is 12.9. The fraction of sp³-hybridized carbons (Fsp3) is 0.263. The van der Waals surface area contributed by atoms with Crippen molar-refractivity contribution in [3.05, 3.63) is 59.9 Å². The molecule has 1 aliphatic rings. The zero-order valence-electron chi connectivity index (χ0n) is 14.2. The molecule has 1 saturated heterocycles. The molecule has 0 unspecified atom stereocenters. The summed E-state index contributed by atoms with van der Waals surface area (Å²) in [6.45, 7) is 3.00. The summed E-state index contributed by atoms with van der Waals surface area (Å²) >= 11 is 0. The standard InChI is InChI=1S/C19H20FN3O3/c20-15-3-1-14(2-4-15)19(26)21-16-5-7-17(8-6-16)23-11-9-22(10-12-23)13-18(24)25/h1-8H,9-13H2,(H,21,26)(H,24,25). The molecule has 0 aromatic heterocycles. The molecule has 0 saturated carbocycles. The summed E-state index contributed by atoms with van der Waals surface area (Å²) in [6.07, 6.45) is 0. The van der Waals surface area contributed by atoms with E-state index >= 15 is 0 Å². The molecule has 1 aliphatic heterocycles. The number of anilines is 2. The Balaban J connectivity index is 1.56. The van der Waals surface area contributed by atoms with Gasteiger partial charge in [0.15, 0.2) is 0 Å². The van der Waals surface area contributed by atoms with Gasteiger partial charge in [-0.3, -0.25) is 14.5 Å². The first-order chi connectivity index (χ1) is 12.5. The van der Waals surface area contributed by atoms with Crippen molar-refractivity contribution in [2.45, 2.75) is 0 Å². The van der Waals surface area contributed by atoms with E-state index in [1.54, 1.807) is 0 Å². The first-order valence-corrected chi connectivity index (χ1v) is 8.37. The molecule has 0 atom stereocenters. The molecule has 1 fully saturated rings. The number of nitrogens with zero attached hydrogens (tertiary/aromatic N) is 2. The number of hydrogen-bond acceptors (Lipinski definition) is 4. The van der Waals surface area contributed by atoms with Gasteiger partial charge in [-0.2, -0.15) is 0 Å². The number of carboxylic acids is 1. The number of rotatable bonds is 5. The van der Waals surface area contributed by atoms with Crippen LogP contribution in [-0.4, -0.2) is 54.6 Å². The zero-order chi connectivity index (χ0) is 18.5. The molecule has 0 aliphatic carbocycles. The molecule has 2 aromatic carbocycles. The van der Waals surface area contributed by atoms with Gasteiger partial charge in [-0.15, -0.1) is 0 Å². The van der Waals surface area contributed by atoms with Gasteiger partial charge in [0.2, 0.25) is 0 Å². The molecular weight excluding hydrogens is 337 g/mol. The van der Waals surface area contributed by atoms with Crippen molar-refractivity contribution in [3.63, 3.8) is 0 Å². The number of carbonyl (C=O) groups excluding carboxylic acids is 1. The number of carboxylic acid groups (broad SMARTS) is 1. The minimum absolute atomic E-state index is 0.0716. The van der Waals surface area contributed by atoms with Crippen molar-refractivity contribution in [1.29, 1.82) is 0 Å². The van der Waals surface area contributed by atoms with E-state index in [0.29, 0.717) is 24.3 Å². The summed E-state index contributed by atoms with van der Waals surface area (Å²) in [5.74, 6) is -1.48. The van der Waals surface area contributed by atoms with Crippen LogP contribution < -0.4 is 10.2 Å². The van der Waals surface area contributed by atoms with Gasteiger partial charge in [-0.25, -0.2) is 4.39 Å². The predicted octanol–water partition coefficient (Wildman–Crippen LogP) is 2.28. The summed E-state index contributed by atoms with van der Waals surface area (Å²) in [6, 6.07) is 12.9. The van der Waals surface area contributed by atoms with Crippen LogP contribution in [-0.2, 0) is 4.79 Å². The van der Waals surface area contributed by atoms with Crippen molar-refractivity contribution >= 4 is 23.3 Å². The topological polar surface area (TPSA) is 72.9 Å². The molecule has 6 nitrogen and oxygen atoms in total. The van der Waals surface area contributed by atoms with Crippen molar-refractivity contribution < 1.29 is 19.1 Å². The predicted molar refractivity (Wildman–Crippen MR) is 97.1 cm³/mol. The van der Waals surface area contributed by atoms with E-state index in [9.17, 15) is 14.0 Å². The number of halogens is 1. The van der Waals surface area contributed by atoms with Crippen LogP contribution in [0.2, 0.25) is 0 Å². The molecule has 0 bridgehead atoms. The van der Waals surface area contributed by atoms with E-state index in [-0.39, 0.29) is 18.3 Å². The fourth-order valence-corrected chi connectivity index (χ4v) is 2.92. The largest absolute Gasteiger partial charge is 0.480 e. The highest BCUT2D eigenvalue weighted by molar-refractivity contribution is 6.04. The second kappa shape index (κ2) is 7.97. The smallest absolute Gasteiger partial charge is 0.317 e. The number of amides is 1. The lowest BCUT2D eigenvalue weighted by Gasteiger charge is -2.35. The van der Waals surface area contributed by atoms with Crippen LogP contribution >= 0.6 is 0 Å². The molecule has 2 aromatic rings. The van der Waals surface area contributed by atoms with Crippen LogP contribution in [0.1, 0.15) is 10.4 Å². The highest BCUT2D eigenvalue weighted by Gasteiger charge is 2.18. The van der Waals surface area contributed by atoms with Crippen LogP contribution in [0.5, 0.6) is 0 Å². The van der Waals surface area contributed by atoms with Crippen LogP contribution in [0, 0.1) is 5.82 Å². The molecule has 0 spiro atoms. The van der Waals surface area contributed by atoms with Gasteiger partial charge in [0.05, 0.1) is 6.54 Å². The lowest BCUT2D eigenvalue weighted by molar-refractivity contribution is -0.138. The zero-order valence-corrected chi connectivity index (χ0v) is 14.2. The summed E-state index contributed by atoms with van der Waals surface area (Å²) in [5, 5.41) is 11.6. The van der Waals surface area contributed by atoms with E-state index < -0.39 is 5.97 Å². The highest BCUT2D eigenvalue weighted by Crippen LogP contribution is 2.20. The Bertz CT molecular complexity index is 770. The van der Waals surface area contributed by atoms with Crippen LogP contribution in [0.15, 0.2) is 48.5 Å². The first-order valence-electron chi connectivity index (χ1n) is 8.37. The number of piperazine rings is 1. The monoisotopic (exact) mass is 357 g/mol. The van der Waals surface area contributed by atoms with E-state index in [0.717, 1.165) is 18.8 Å². The average molecular weight is 357 g/mol. The maximum Gasteiger partial charge on any atom is 0.317 e. The Morgan fingerprint density at radius 3 is 2.15 bits per heavy atom. The third-order valence-corrected chi connectivity index (χ3v) is 4.33. The van der Waals surface area contributed by atoms with Gasteiger partial charge in [0.25, 0.3) is 5.91 Å². The van der Waals surface area contributed by atoms with Gasteiger partial charge in [-0.05, 0) is 48.5 Å². The molecule has 7 heteroatoms. The van der Waals surface area contributed by atoms with Gasteiger partial charge in [-0.1, -0.05) is 0 Å². The Morgan fingerprint density at radius 1 is 0.962 bits per heavy atom. The van der Waals surface area contributed by atoms with Crippen molar-refractivity contribution in [2.75, 3.05) is 42.9 Å². The van der Waals surface area contributed by atoms with Crippen LogP contribution in [0.3, 0.4) is 0 Å². The number of aliphatic carboxylic acids is 1. The average Bonchev–Trinajstić information content (AvgIpc) is 2.63. The van der Waals surface area contributed by atoms with E-state index in [1.165, 1.54) is 24.3 Å². The van der Waals surface area contributed by atoms with Crippen molar-refractivity contribution in [2.24, 2.45) is 0 Å². The van der Waals surface area contributed by atoms with E-state index in [4.69, 9.17) is 5.11 Å². The normalized spacial score (nSPS) is 14.9. The Hall–Kier alpha value is -2.93. The van der Waals surface area contributed by atoms with Crippen LogP contribution in [0.25, 0.3) is 0 Å². The lowest BCUT2D eigenvalue weighted by Crippen LogP contribution is -2.47. The van der Waals surface area contributed by atoms with Crippen LogP contribution in [0.4, 0.5) is 15.8 Å². The maximum atomic E-state index is 12.9. The Morgan fingerprint density at radius 2 is 1.58 bits per heavy atom. The fourth-order valence-electron chi connectivity index (χ4n) is 2.92. The van der Waals surface area contributed by atoms with Gasteiger partial charge >= 0.3 is 5.97 Å². The lowest BCUT2D eigenvalue weighted by atomic mass is 10.2. The minimum atomic E-state index is -0.806. The maximum absolute atomic E-state index is 12.9. The Kier molecular flexibility index (Phi) is 5.48. The summed E-state index contributed by atoms with van der Waals surface area (Å²) in [5.41, 5.74) is 2.08. The molecule has 1 amide bonds. The second-order valence-corrected chi connectivity index (χ2v) is 6.16. The molecule has 26 heavy (non-hydrogen) atoms. The number of hydrogen-bond donors (Lipinski definition) is 2. The Labute approximate surface area is 150 Å². The molecule has 3 rings (SSSR count). The summed E-state index contributed by atoms with van der Waals surface area (Å²) in [7, 11) is 0. The third kappa shape index (κ3) is 4.58. The molecule has 2 N–H and O–H groups in total. The van der Waals surface area contributed by atoms with E-state index in [2.05, 4.69) is 10.2 Å². The number of benzene rings is 2. The van der Waals surface area contributed by atoms with Gasteiger partial charge < -0.3 is 15.3 Å². The summed E-state index contributed by atoms with van der Waals surface area (Å²) in [4.78, 5) is 27.0. The third-order valence-electron chi connectivity index (χ3n) is 4.33. The molecule has 136 valence electrons. The molecule has 1 heterocycles. The van der Waals surface area contributed by atoms with Crippen molar-refractivity contribution in [3.8, 4) is 0 Å². The van der Waals surface area contributed by atoms with E-state index in [1.807, 2.05) is 29.2 Å².